The number of amides is 3. The second kappa shape index (κ2) is 7.44. The molecule has 1 N–H and O–H groups in total. The number of hydrogen-bond donors (Lipinski definition) is 1. The summed E-state index contributed by atoms with van der Waals surface area (Å²) >= 11 is 0. The number of benzene rings is 1. The molecule has 1 aromatic carbocycles. The smallest absolute Gasteiger partial charge is 0.261 e. The van der Waals surface area contributed by atoms with Crippen LogP contribution in [0.3, 0.4) is 0 Å². The summed E-state index contributed by atoms with van der Waals surface area (Å²) in [5.41, 5.74) is 1.51. The topological polar surface area (TPSA) is 69.7 Å². The van der Waals surface area contributed by atoms with Crippen LogP contribution in [0.2, 0.25) is 0 Å². The monoisotopic (exact) mass is 389 g/mol. The van der Waals surface area contributed by atoms with Crippen molar-refractivity contribution >= 4 is 30.1 Å². The summed E-state index contributed by atoms with van der Waals surface area (Å²) in [4.78, 5) is 40.6. The predicted octanol–water partition coefficient (Wildman–Crippen LogP) is 2.11. The van der Waals surface area contributed by atoms with Crippen molar-refractivity contribution in [3.63, 3.8) is 0 Å². The van der Waals surface area contributed by atoms with Crippen molar-refractivity contribution in [1.82, 2.24) is 15.1 Å². The quantitative estimate of drug-likeness (QED) is 0.635. The van der Waals surface area contributed by atoms with Gasteiger partial charge in [0.1, 0.15) is 0 Å². The van der Waals surface area contributed by atoms with Gasteiger partial charge in [-0.3, -0.25) is 19.3 Å². The van der Waals surface area contributed by atoms with E-state index in [-0.39, 0.29) is 36.7 Å². The van der Waals surface area contributed by atoms with Crippen molar-refractivity contribution in [1.29, 1.82) is 0 Å². The number of nitrogens with zero attached hydrogens (tertiary/aromatic N) is 2. The van der Waals surface area contributed by atoms with Crippen LogP contribution in [0, 0.1) is 5.41 Å². The summed E-state index contributed by atoms with van der Waals surface area (Å²) in [7, 11) is 0. The first-order valence-corrected chi connectivity index (χ1v) is 9.16. The zero-order valence-electron chi connectivity index (χ0n) is 15.2. The van der Waals surface area contributed by atoms with Crippen molar-refractivity contribution in [3.8, 4) is 0 Å². The summed E-state index contributed by atoms with van der Waals surface area (Å²) in [6.07, 6.45) is 4.74. The zero-order valence-corrected chi connectivity index (χ0v) is 16.0. The Hall–Kier alpha value is -2.18. The number of halogens is 1. The van der Waals surface area contributed by atoms with E-state index in [4.69, 9.17) is 0 Å². The Kier molecular flexibility index (Phi) is 5.40. The van der Waals surface area contributed by atoms with Crippen molar-refractivity contribution in [2.24, 2.45) is 5.41 Å². The van der Waals surface area contributed by atoms with Crippen LogP contribution < -0.4 is 5.32 Å². The van der Waals surface area contributed by atoms with Gasteiger partial charge in [0.25, 0.3) is 17.7 Å². The van der Waals surface area contributed by atoms with Crippen LogP contribution in [0.15, 0.2) is 30.9 Å². The van der Waals surface area contributed by atoms with Gasteiger partial charge in [0.15, 0.2) is 0 Å². The van der Waals surface area contributed by atoms with Crippen LogP contribution in [0.4, 0.5) is 0 Å². The molecule has 2 fully saturated rings. The molecule has 0 atom stereocenters. The van der Waals surface area contributed by atoms with Crippen LogP contribution in [0.5, 0.6) is 0 Å². The fourth-order valence-electron chi connectivity index (χ4n) is 4.31. The lowest BCUT2D eigenvalue weighted by Gasteiger charge is -2.38. The molecule has 3 heterocycles. The second-order valence-corrected chi connectivity index (χ2v) is 7.49. The largest absolute Gasteiger partial charge is 0.339 e. The van der Waals surface area contributed by atoms with Crippen molar-refractivity contribution < 1.29 is 14.4 Å². The minimum Gasteiger partial charge on any atom is -0.339 e. The average molecular weight is 390 g/mol. The number of fused-ring (bicyclic) bond motifs is 1. The minimum atomic E-state index is -0.353. The third-order valence-corrected chi connectivity index (χ3v) is 5.97. The Morgan fingerprint density at radius 3 is 2.48 bits per heavy atom. The van der Waals surface area contributed by atoms with E-state index in [9.17, 15) is 14.4 Å². The molecule has 3 aliphatic heterocycles. The second-order valence-electron chi connectivity index (χ2n) is 7.49. The number of likely N-dealkylation sites (tertiary alicyclic amines) is 1. The maximum Gasteiger partial charge on any atom is 0.261 e. The van der Waals surface area contributed by atoms with Gasteiger partial charge >= 0.3 is 0 Å². The lowest BCUT2D eigenvalue weighted by atomic mass is 9.78. The number of carbonyl (C=O) groups excluding carboxylic acids is 3. The molecule has 0 aromatic heterocycles. The van der Waals surface area contributed by atoms with Gasteiger partial charge in [-0.05, 0) is 49.4 Å². The van der Waals surface area contributed by atoms with E-state index in [1.165, 1.54) is 12.5 Å². The van der Waals surface area contributed by atoms with Crippen molar-refractivity contribution in [3.05, 3.63) is 47.5 Å². The van der Waals surface area contributed by atoms with Gasteiger partial charge in [-0.2, -0.15) is 0 Å². The summed E-state index contributed by atoms with van der Waals surface area (Å²) in [6.45, 7) is 7.36. The number of nitrogens with one attached hydrogen (secondary N) is 1. The van der Waals surface area contributed by atoms with Crippen LogP contribution in [-0.2, 0) is 0 Å². The SMILES string of the molecule is C=CCN1C(=O)c2ccc(C(=O)N3CCC4(CCNC4)CC3)cc2C1=O.Cl. The van der Waals surface area contributed by atoms with E-state index in [1.54, 1.807) is 18.2 Å². The fraction of sp³-hybridized carbons (Fsp3) is 0.450. The van der Waals surface area contributed by atoms with Gasteiger partial charge in [0.05, 0.1) is 11.1 Å². The number of piperidine rings is 1. The molecule has 0 saturated carbocycles. The molecule has 144 valence electrons. The van der Waals surface area contributed by atoms with E-state index in [2.05, 4.69) is 11.9 Å². The highest BCUT2D eigenvalue weighted by molar-refractivity contribution is 6.22. The molecule has 0 unspecified atom stereocenters. The predicted molar refractivity (Wildman–Crippen MR) is 104 cm³/mol. The number of hydrogen-bond acceptors (Lipinski definition) is 4. The number of rotatable bonds is 3. The Morgan fingerprint density at radius 1 is 1.15 bits per heavy atom. The first-order valence-electron chi connectivity index (χ1n) is 9.16. The molecule has 7 heteroatoms. The lowest BCUT2D eigenvalue weighted by molar-refractivity contribution is 0.0606. The Labute approximate surface area is 165 Å². The molecule has 0 bridgehead atoms. The fourth-order valence-corrected chi connectivity index (χ4v) is 4.31. The summed E-state index contributed by atoms with van der Waals surface area (Å²) in [6, 6.07) is 4.83. The highest BCUT2D eigenvalue weighted by Crippen LogP contribution is 2.37. The van der Waals surface area contributed by atoms with Gasteiger partial charge in [-0.1, -0.05) is 6.08 Å². The standard InChI is InChI=1S/C20H23N3O3.ClH/c1-2-9-23-18(25)15-4-3-14(12-16(15)19(23)26)17(24)22-10-6-20(7-11-22)5-8-21-13-20;/h2-4,12,21H,1,5-11,13H2;1H. The van der Waals surface area contributed by atoms with Crippen LogP contribution in [0.25, 0.3) is 0 Å². The highest BCUT2D eigenvalue weighted by atomic mass is 35.5. The Balaban J connectivity index is 0.00000210. The first-order chi connectivity index (χ1) is 12.5. The molecule has 0 radical (unpaired) electrons. The minimum absolute atomic E-state index is 0. The number of carbonyl (C=O) groups is 3. The van der Waals surface area contributed by atoms with Crippen LogP contribution >= 0.6 is 12.4 Å². The maximum atomic E-state index is 12.9. The van der Waals surface area contributed by atoms with Crippen LogP contribution in [0.1, 0.15) is 50.3 Å². The van der Waals surface area contributed by atoms with Crippen molar-refractivity contribution in [2.45, 2.75) is 19.3 Å². The summed E-state index contributed by atoms with van der Waals surface area (Å²) < 4.78 is 0. The molecule has 3 amide bonds. The van der Waals surface area contributed by atoms with E-state index < -0.39 is 0 Å². The van der Waals surface area contributed by atoms with Gasteiger partial charge in [-0.25, -0.2) is 0 Å². The average Bonchev–Trinajstić information content (AvgIpc) is 3.21. The molecule has 1 spiro atoms. The van der Waals surface area contributed by atoms with E-state index in [0.29, 0.717) is 22.1 Å². The summed E-state index contributed by atoms with van der Waals surface area (Å²) in [5.74, 6) is -0.734. The molecule has 3 aliphatic rings. The van der Waals surface area contributed by atoms with Gasteiger partial charge in [0.2, 0.25) is 0 Å². The Morgan fingerprint density at radius 2 is 1.85 bits per heavy atom. The molecule has 1 aromatic rings. The normalized spacial score (nSPS) is 20.6. The molecular formula is C20H24ClN3O3. The number of imide groups is 1. The first kappa shape index (κ1) is 19.6. The molecular weight excluding hydrogens is 366 g/mol. The zero-order chi connectivity index (χ0) is 18.3. The van der Waals surface area contributed by atoms with Crippen molar-refractivity contribution in [2.75, 3.05) is 32.7 Å². The van der Waals surface area contributed by atoms with E-state index in [0.717, 1.165) is 43.9 Å². The Bertz CT molecular complexity index is 792. The molecule has 6 nitrogen and oxygen atoms in total. The lowest BCUT2D eigenvalue weighted by Crippen LogP contribution is -2.44. The van der Waals surface area contributed by atoms with Gasteiger partial charge < -0.3 is 10.2 Å². The van der Waals surface area contributed by atoms with Crippen LogP contribution in [-0.4, -0.2) is 60.2 Å². The van der Waals surface area contributed by atoms with E-state index in [1.807, 2.05) is 4.90 Å². The van der Waals surface area contributed by atoms with Gasteiger partial charge in [0, 0.05) is 31.7 Å². The molecule has 27 heavy (non-hydrogen) atoms. The third-order valence-electron chi connectivity index (χ3n) is 5.97. The molecule has 4 rings (SSSR count). The highest BCUT2D eigenvalue weighted by Gasteiger charge is 2.39. The molecule has 0 aliphatic carbocycles. The third kappa shape index (κ3) is 3.28. The maximum absolute atomic E-state index is 12.9. The summed E-state index contributed by atoms with van der Waals surface area (Å²) in [5, 5.41) is 3.43. The van der Waals surface area contributed by atoms with E-state index >= 15 is 0 Å². The molecule has 2 saturated heterocycles. The van der Waals surface area contributed by atoms with Gasteiger partial charge in [-0.15, -0.1) is 19.0 Å².